The molecule has 3 aliphatic rings. The highest BCUT2D eigenvalue weighted by molar-refractivity contribution is 7.22. The molecule has 4 heterocycles. The molecule has 0 bridgehead atoms. The van der Waals surface area contributed by atoms with Gasteiger partial charge in [-0.25, -0.2) is 18.2 Å². The number of hydrogen-bond acceptors (Lipinski definition) is 7. The van der Waals surface area contributed by atoms with E-state index in [0.29, 0.717) is 28.1 Å². The first kappa shape index (κ1) is 26.3. The number of carbonyl (C=O) groups is 1. The highest BCUT2D eigenvalue weighted by Crippen LogP contribution is 2.46. The Labute approximate surface area is 229 Å². The Bertz CT molecular complexity index is 1410. The van der Waals surface area contributed by atoms with Crippen molar-refractivity contribution in [3.8, 4) is 0 Å². The zero-order chi connectivity index (χ0) is 27.5. The van der Waals surface area contributed by atoms with Gasteiger partial charge in [-0.1, -0.05) is 11.3 Å². The van der Waals surface area contributed by atoms with Crippen molar-refractivity contribution in [1.29, 1.82) is 0 Å². The number of thiazole rings is 1. The smallest absolute Gasteiger partial charge is 0.309 e. The molecule has 1 aliphatic carbocycles. The number of aliphatic carboxylic acids is 1. The van der Waals surface area contributed by atoms with Crippen molar-refractivity contribution in [3.05, 3.63) is 47.5 Å². The molecule has 2 N–H and O–H groups in total. The number of carboxylic acids is 1. The Kier molecular flexibility index (Phi) is 6.69. The van der Waals surface area contributed by atoms with Crippen molar-refractivity contribution in [2.75, 3.05) is 36.4 Å². The van der Waals surface area contributed by atoms with Crippen molar-refractivity contribution >= 4 is 38.3 Å². The summed E-state index contributed by atoms with van der Waals surface area (Å²) in [5.41, 5.74) is 0.339. The normalized spacial score (nSPS) is 26.7. The van der Waals surface area contributed by atoms with Crippen molar-refractivity contribution in [1.82, 2.24) is 14.9 Å². The van der Waals surface area contributed by atoms with Crippen LogP contribution in [0, 0.1) is 34.7 Å². The Balaban J connectivity index is 1.11. The number of fused-ring (bicyclic) bond motifs is 1. The Morgan fingerprint density at radius 2 is 1.95 bits per heavy atom. The second kappa shape index (κ2) is 9.92. The van der Waals surface area contributed by atoms with Gasteiger partial charge in [0.05, 0.1) is 39.3 Å². The van der Waals surface area contributed by atoms with Crippen LogP contribution in [0.3, 0.4) is 0 Å². The lowest BCUT2D eigenvalue weighted by atomic mass is 9.65. The van der Waals surface area contributed by atoms with E-state index in [-0.39, 0.29) is 11.4 Å². The minimum Gasteiger partial charge on any atom is -0.481 e. The number of anilines is 2. The largest absolute Gasteiger partial charge is 0.481 e. The van der Waals surface area contributed by atoms with E-state index >= 15 is 0 Å². The first-order valence-electron chi connectivity index (χ1n) is 13.5. The predicted molar refractivity (Wildman–Crippen MR) is 145 cm³/mol. The first-order valence-corrected chi connectivity index (χ1v) is 14.3. The molecule has 0 amide bonds. The van der Waals surface area contributed by atoms with Crippen LogP contribution in [0.4, 0.5) is 24.0 Å². The highest BCUT2D eigenvalue weighted by Gasteiger charge is 2.49. The Hall–Kier alpha value is -2.92. The molecule has 11 heteroatoms. The zero-order valence-corrected chi connectivity index (χ0v) is 22.8. The van der Waals surface area contributed by atoms with Gasteiger partial charge in [-0.05, 0) is 70.0 Å². The molecule has 2 saturated heterocycles. The molecule has 1 unspecified atom stereocenters. The van der Waals surface area contributed by atoms with E-state index in [1.165, 1.54) is 23.8 Å². The van der Waals surface area contributed by atoms with Crippen LogP contribution in [0.2, 0.25) is 0 Å². The van der Waals surface area contributed by atoms with Crippen LogP contribution in [0.25, 0.3) is 10.2 Å². The van der Waals surface area contributed by atoms with E-state index in [1.54, 1.807) is 13.0 Å². The summed E-state index contributed by atoms with van der Waals surface area (Å²) >= 11 is 1.41. The number of piperidine rings is 1. The number of benzene rings is 1. The molecule has 0 radical (unpaired) electrons. The second-order valence-electron chi connectivity index (χ2n) is 11.6. The fraction of sp³-hybridized carbons (Fsp3) is 0.536. The van der Waals surface area contributed by atoms with Crippen molar-refractivity contribution in [2.24, 2.45) is 17.3 Å². The SMILES string of the molecule is CC(Nc1c(F)ccc2nc(N3CC([C@H]4CCCN(C5CC(C)(C(=O)O)C5)C4)C3)sc12)c1ncc(F)cc1F. The average Bonchev–Trinajstić information content (AvgIpc) is 3.27. The minimum atomic E-state index is -0.784. The maximum Gasteiger partial charge on any atom is 0.309 e. The van der Waals surface area contributed by atoms with Gasteiger partial charge in [-0.15, -0.1) is 0 Å². The summed E-state index contributed by atoms with van der Waals surface area (Å²) in [5.74, 6) is -1.58. The monoisotopic (exact) mass is 559 g/mol. The summed E-state index contributed by atoms with van der Waals surface area (Å²) in [7, 11) is 0. The molecule has 3 aromatic rings. The van der Waals surface area contributed by atoms with E-state index in [2.05, 4.69) is 20.1 Å². The van der Waals surface area contributed by atoms with Crippen LogP contribution in [-0.2, 0) is 4.79 Å². The summed E-state index contributed by atoms with van der Waals surface area (Å²) in [6.45, 7) is 7.35. The zero-order valence-electron chi connectivity index (χ0n) is 22.0. The first-order chi connectivity index (χ1) is 18.6. The maximum atomic E-state index is 14.9. The van der Waals surface area contributed by atoms with Crippen molar-refractivity contribution in [2.45, 2.75) is 51.6 Å². The summed E-state index contributed by atoms with van der Waals surface area (Å²) in [5, 5.41) is 13.3. The molecule has 2 atom stereocenters. The van der Waals surface area contributed by atoms with E-state index < -0.39 is 34.9 Å². The summed E-state index contributed by atoms with van der Waals surface area (Å²) in [6, 6.07) is 3.46. The summed E-state index contributed by atoms with van der Waals surface area (Å²) in [6.07, 6.45) is 4.73. The highest BCUT2D eigenvalue weighted by atomic mass is 32.1. The van der Waals surface area contributed by atoms with E-state index in [4.69, 9.17) is 4.98 Å². The van der Waals surface area contributed by atoms with Crippen LogP contribution >= 0.6 is 11.3 Å². The fourth-order valence-corrected chi connectivity index (χ4v) is 7.47. The molecule has 7 nitrogen and oxygen atoms in total. The van der Waals surface area contributed by atoms with Gasteiger partial charge in [0.1, 0.15) is 17.5 Å². The lowest BCUT2D eigenvalue weighted by Gasteiger charge is -2.52. The number of nitrogens with one attached hydrogen (secondary N) is 1. The number of rotatable bonds is 7. The lowest BCUT2D eigenvalue weighted by molar-refractivity contribution is -0.158. The van der Waals surface area contributed by atoms with Crippen molar-refractivity contribution in [3.63, 3.8) is 0 Å². The molecular weight excluding hydrogens is 527 g/mol. The topological polar surface area (TPSA) is 81.6 Å². The van der Waals surface area contributed by atoms with Crippen molar-refractivity contribution < 1.29 is 23.1 Å². The van der Waals surface area contributed by atoms with Gasteiger partial charge >= 0.3 is 5.97 Å². The predicted octanol–water partition coefficient (Wildman–Crippen LogP) is 5.68. The number of nitrogens with zero attached hydrogens (tertiary/aromatic N) is 4. The number of halogens is 3. The number of pyridine rings is 1. The maximum absolute atomic E-state index is 14.9. The molecule has 3 fully saturated rings. The molecular formula is C28H32F3N5O2S. The van der Waals surface area contributed by atoms with E-state index in [0.717, 1.165) is 62.8 Å². The number of aromatic nitrogens is 2. The number of carboxylic acid groups (broad SMARTS) is 1. The lowest BCUT2D eigenvalue weighted by Crippen LogP contribution is -2.58. The standard InChI is InChI=1S/C28H32F3N5O2S/c1-15(23-21(31)8-18(29)11-32-23)33-24-20(30)5-6-22-25(24)39-27(34-22)36-13-17(14-36)16-4-3-7-35(12-16)19-9-28(2,10-19)26(37)38/h5-6,8,11,15-17,19,33H,3-4,7,9-10,12-14H2,1-2H3,(H,37,38)/t15?,16-,19?,28?/m0/s1. The van der Waals surface area contributed by atoms with Crippen LogP contribution in [0.5, 0.6) is 0 Å². The molecule has 6 rings (SSSR count). The number of likely N-dealkylation sites (tertiary alicyclic amines) is 1. The third kappa shape index (κ3) is 4.84. The molecule has 2 aromatic heterocycles. The van der Waals surface area contributed by atoms with Crippen LogP contribution in [0.1, 0.15) is 51.3 Å². The fourth-order valence-electron chi connectivity index (χ4n) is 6.39. The van der Waals surface area contributed by atoms with Gasteiger partial charge < -0.3 is 20.2 Å². The summed E-state index contributed by atoms with van der Waals surface area (Å²) < 4.78 is 43.1. The molecule has 0 spiro atoms. The number of hydrogen-bond donors (Lipinski definition) is 2. The van der Waals surface area contributed by atoms with Gasteiger partial charge in [-0.2, -0.15) is 0 Å². The molecule has 39 heavy (non-hydrogen) atoms. The van der Waals surface area contributed by atoms with Crippen LogP contribution in [0.15, 0.2) is 24.4 Å². The van der Waals surface area contributed by atoms with Gasteiger partial charge in [0.15, 0.2) is 5.13 Å². The molecule has 208 valence electrons. The van der Waals surface area contributed by atoms with Gasteiger partial charge in [0.2, 0.25) is 0 Å². The Morgan fingerprint density at radius 1 is 1.18 bits per heavy atom. The Morgan fingerprint density at radius 3 is 2.67 bits per heavy atom. The van der Waals surface area contributed by atoms with E-state index in [9.17, 15) is 23.1 Å². The van der Waals surface area contributed by atoms with E-state index in [1.807, 2.05) is 6.92 Å². The molecule has 1 aromatic carbocycles. The third-order valence-corrected chi connectivity index (χ3v) is 9.99. The van der Waals surface area contributed by atoms with Gasteiger partial charge in [-0.3, -0.25) is 9.78 Å². The molecule has 2 aliphatic heterocycles. The van der Waals surface area contributed by atoms with Gasteiger partial charge in [0, 0.05) is 31.7 Å². The average molecular weight is 560 g/mol. The molecule has 1 saturated carbocycles. The summed E-state index contributed by atoms with van der Waals surface area (Å²) in [4.78, 5) is 24.8. The third-order valence-electron chi connectivity index (χ3n) is 8.84. The van der Waals surface area contributed by atoms with Crippen LogP contribution in [-0.4, -0.2) is 58.2 Å². The quantitative estimate of drug-likeness (QED) is 0.385. The van der Waals surface area contributed by atoms with Crippen LogP contribution < -0.4 is 10.2 Å². The second-order valence-corrected chi connectivity index (χ2v) is 12.6. The van der Waals surface area contributed by atoms with Gasteiger partial charge in [0.25, 0.3) is 0 Å². The minimum absolute atomic E-state index is 0.0131.